The third-order valence-corrected chi connectivity index (χ3v) is 2.49. The van der Waals surface area contributed by atoms with Crippen molar-refractivity contribution >= 4 is 11.7 Å². The Bertz CT molecular complexity index is 427. The van der Waals surface area contributed by atoms with Gasteiger partial charge in [-0.3, -0.25) is 10.2 Å². The lowest BCUT2D eigenvalue weighted by Crippen LogP contribution is -2.40. The van der Waals surface area contributed by atoms with Crippen LogP contribution in [0.25, 0.3) is 0 Å². The molecule has 0 saturated heterocycles. The van der Waals surface area contributed by atoms with Crippen LogP contribution in [0.2, 0.25) is 0 Å². The molecule has 6 heteroatoms. The first-order valence-electron chi connectivity index (χ1n) is 6.49. The van der Waals surface area contributed by atoms with Gasteiger partial charge in [0, 0.05) is 5.56 Å². The Morgan fingerprint density at radius 1 is 1.26 bits per heavy atom. The van der Waals surface area contributed by atoms with Crippen LogP contribution in [0.4, 0.5) is 0 Å². The lowest BCUT2D eigenvalue weighted by molar-refractivity contribution is 0.0959. The molecule has 0 fully saturated rings. The summed E-state index contributed by atoms with van der Waals surface area (Å²) in [6.45, 7) is 6.44. The van der Waals surface area contributed by atoms with Crippen molar-refractivity contribution in [3.63, 3.8) is 0 Å². The highest BCUT2D eigenvalue weighted by Gasteiger charge is 2.08. The molecule has 19 heavy (non-hydrogen) atoms. The van der Waals surface area contributed by atoms with Crippen LogP contribution in [0.1, 0.15) is 36.7 Å². The minimum Gasteiger partial charge on any atom is -0.345 e. The maximum atomic E-state index is 11.8. The SMILES string of the molecule is CC.CCc1ccc(C(=O)NCC2=NNNN2)cc1. The third kappa shape index (κ3) is 4.59. The Morgan fingerprint density at radius 3 is 2.47 bits per heavy atom. The standard InChI is InChI=1S/C11H15N5O.C2H6/c1-2-8-3-5-9(6-4-8)11(17)12-7-10-13-15-16-14-10;1-2/h3-6,15-16H,2,7H2,1H3,(H,12,17)(H,13,14);1-2H3. The fourth-order valence-corrected chi connectivity index (χ4v) is 1.47. The van der Waals surface area contributed by atoms with Crippen molar-refractivity contribution in [3.8, 4) is 0 Å². The molecule has 1 aliphatic rings. The smallest absolute Gasteiger partial charge is 0.251 e. The lowest BCUT2D eigenvalue weighted by atomic mass is 10.1. The van der Waals surface area contributed by atoms with E-state index in [1.807, 2.05) is 38.1 Å². The van der Waals surface area contributed by atoms with Crippen molar-refractivity contribution < 1.29 is 4.79 Å². The Hall–Kier alpha value is -2.08. The van der Waals surface area contributed by atoms with Crippen LogP contribution in [0, 0.1) is 0 Å². The van der Waals surface area contributed by atoms with Gasteiger partial charge in [0.05, 0.1) is 6.54 Å². The number of aryl methyl sites for hydroxylation is 1. The van der Waals surface area contributed by atoms with Crippen molar-refractivity contribution in [1.82, 2.24) is 21.8 Å². The van der Waals surface area contributed by atoms with E-state index in [1.54, 1.807) is 0 Å². The van der Waals surface area contributed by atoms with Gasteiger partial charge in [0.15, 0.2) is 5.84 Å². The average Bonchev–Trinajstić information content (AvgIpc) is 3.00. The Labute approximate surface area is 113 Å². The molecule has 6 nitrogen and oxygen atoms in total. The van der Waals surface area contributed by atoms with Crippen molar-refractivity contribution in [2.45, 2.75) is 27.2 Å². The zero-order chi connectivity index (χ0) is 14.1. The monoisotopic (exact) mass is 263 g/mol. The highest BCUT2D eigenvalue weighted by atomic mass is 16.1. The van der Waals surface area contributed by atoms with Crippen molar-refractivity contribution in [1.29, 1.82) is 0 Å². The van der Waals surface area contributed by atoms with Gasteiger partial charge in [-0.25, -0.2) is 5.53 Å². The summed E-state index contributed by atoms with van der Waals surface area (Å²) in [5.41, 5.74) is 9.75. The number of benzene rings is 1. The predicted molar refractivity (Wildman–Crippen MR) is 76.3 cm³/mol. The van der Waals surface area contributed by atoms with E-state index in [1.165, 1.54) is 5.56 Å². The van der Waals surface area contributed by atoms with Crippen LogP contribution < -0.4 is 21.8 Å². The van der Waals surface area contributed by atoms with Gasteiger partial charge >= 0.3 is 0 Å². The molecule has 0 aliphatic carbocycles. The number of nitrogens with zero attached hydrogens (tertiary/aromatic N) is 1. The molecule has 0 unspecified atom stereocenters. The van der Waals surface area contributed by atoms with Crippen LogP contribution >= 0.6 is 0 Å². The number of hydrogen-bond acceptors (Lipinski definition) is 5. The minimum atomic E-state index is -0.107. The first kappa shape index (κ1) is 15.0. The number of amides is 1. The van der Waals surface area contributed by atoms with E-state index in [9.17, 15) is 4.79 Å². The number of hydrazone groups is 1. The van der Waals surface area contributed by atoms with E-state index in [-0.39, 0.29) is 5.91 Å². The topological polar surface area (TPSA) is 77.5 Å². The summed E-state index contributed by atoms with van der Waals surface area (Å²) >= 11 is 0. The molecule has 0 aromatic heterocycles. The second-order valence-electron chi connectivity index (χ2n) is 3.65. The molecule has 1 amide bonds. The van der Waals surface area contributed by atoms with E-state index in [2.05, 4.69) is 33.8 Å². The summed E-state index contributed by atoms with van der Waals surface area (Å²) in [5.74, 6) is 0.535. The van der Waals surface area contributed by atoms with E-state index >= 15 is 0 Å². The van der Waals surface area contributed by atoms with E-state index < -0.39 is 0 Å². The molecule has 0 atom stereocenters. The molecule has 4 N–H and O–H groups in total. The summed E-state index contributed by atoms with van der Waals surface area (Å²) in [6.07, 6.45) is 0.972. The second kappa shape index (κ2) is 8.10. The molecule has 0 saturated carbocycles. The molecule has 1 heterocycles. The van der Waals surface area contributed by atoms with Crippen molar-refractivity contribution in [3.05, 3.63) is 35.4 Å². The van der Waals surface area contributed by atoms with Gasteiger partial charge in [-0.2, -0.15) is 0 Å². The van der Waals surface area contributed by atoms with Gasteiger partial charge in [-0.15, -0.1) is 10.6 Å². The Balaban J connectivity index is 0.000000861. The fraction of sp³-hybridized carbons (Fsp3) is 0.385. The number of carbonyl (C=O) groups is 1. The molecule has 104 valence electrons. The molecule has 0 radical (unpaired) electrons. The van der Waals surface area contributed by atoms with E-state index in [0.717, 1.165) is 6.42 Å². The Kier molecular flexibility index (Phi) is 6.38. The van der Waals surface area contributed by atoms with Crippen molar-refractivity contribution in [2.75, 3.05) is 6.54 Å². The molecule has 1 aromatic rings. The highest BCUT2D eigenvalue weighted by Crippen LogP contribution is 2.04. The number of nitrogens with one attached hydrogen (secondary N) is 4. The number of carbonyl (C=O) groups excluding carboxylic acids is 1. The molecular weight excluding hydrogens is 242 g/mol. The summed E-state index contributed by atoms with van der Waals surface area (Å²) in [7, 11) is 0. The maximum Gasteiger partial charge on any atom is 0.251 e. The third-order valence-electron chi connectivity index (χ3n) is 2.49. The number of rotatable bonds is 4. The zero-order valence-electron chi connectivity index (χ0n) is 11.6. The quantitative estimate of drug-likeness (QED) is 0.652. The summed E-state index contributed by atoms with van der Waals surface area (Å²) < 4.78 is 0. The molecule has 1 aromatic carbocycles. The highest BCUT2D eigenvalue weighted by molar-refractivity contribution is 5.97. The summed E-state index contributed by atoms with van der Waals surface area (Å²) in [4.78, 5) is 11.8. The predicted octanol–water partition coefficient (Wildman–Crippen LogP) is 0.931. The molecule has 0 spiro atoms. The lowest BCUT2D eigenvalue weighted by Gasteiger charge is -2.05. The van der Waals surface area contributed by atoms with Crippen LogP contribution in [0.3, 0.4) is 0 Å². The number of hydrogen-bond donors (Lipinski definition) is 4. The van der Waals surface area contributed by atoms with Crippen LogP contribution in [-0.4, -0.2) is 18.3 Å². The molecule has 2 rings (SSSR count). The molecule has 1 aliphatic heterocycles. The normalized spacial score (nSPS) is 12.5. The first-order valence-corrected chi connectivity index (χ1v) is 6.49. The van der Waals surface area contributed by atoms with Gasteiger partial charge in [-0.05, 0) is 24.1 Å². The van der Waals surface area contributed by atoms with Gasteiger partial charge in [0.25, 0.3) is 5.91 Å². The van der Waals surface area contributed by atoms with Crippen LogP contribution in [-0.2, 0) is 6.42 Å². The number of amidine groups is 1. The van der Waals surface area contributed by atoms with Crippen molar-refractivity contribution in [2.24, 2.45) is 5.10 Å². The Morgan fingerprint density at radius 2 is 1.95 bits per heavy atom. The second-order valence-corrected chi connectivity index (χ2v) is 3.65. The minimum absolute atomic E-state index is 0.107. The van der Waals surface area contributed by atoms with Gasteiger partial charge in [0.2, 0.25) is 0 Å². The maximum absolute atomic E-state index is 11.8. The fourth-order valence-electron chi connectivity index (χ4n) is 1.47. The van der Waals surface area contributed by atoms with Crippen LogP contribution in [0.15, 0.2) is 29.4 Å². The summed E-state index contributed by atoms with van der Waals surface area (Å²) in [5, 5.41) is 6.62. The molecule has 0 bridgehead atoms. The molecular formula is C13H21N5O. The van der Waals surface area contributed by atoms with Crippen LogP contribution in [0.5, 0.6) is 0 Å². The average molecular weight is 263 g/mol. The van der Waals surface area contributed by atoms with Gasteiger partial charge in [-0.1, -0.05) is 32.9 Å². The van der Waals surface area contributed by atoms with E-state index in [0.29, 0.717) is 17.9 Å². The largest absolute Gasteiger partial charge is 0.345 e. The van der Waals surface area contributed by atoms with E-state index in [4.69, 9.17) is 0 Å². The number of hydrazine groups is 2. The first-order chi connectivity index (χ1) is 9.29. The van der Waals surface area contributed by atoms with Gasteiger partial charge < -0.3 is 5.32 Å². The van der Waals surface area contributed by atoms with Gasteiger partial charge in [0.1, 0.15) is 0 Å². The summed E-state index contributed by atoms with van der Waals surface area (Å²) in [6, 6.07) is 7.58. The zero-order valence-corrected chi connectivity index (χ0v) is 11.6.